The summed E-state index contributed by atoms with van der Waals surface area (Å²) in [4.78, 5) is 37.7. The Balaban J connectivity index is 0.975. The number of anilines is 3. The van der Waals surface area contributed by atoms with Gasteiger partial charge in [0.1, 0.15) is 23.6 Å². The van der Waals surface area contributed by atoms with E-state index >= 15 is 0 Å². The van der Waals surface area contributed by atoms with Crippen molar-refractivity contribution < 1.29 is 32.3 Å². The van der Waals surface area contributed by atoms with Crippen molar-refractivity contribution in [3.63, 3.8) is 0 Å². The number of carbonyl (C=O) groups excluding carboxylic acids is 1. The number of rotatable bonds is 12. The highest BCUT2D eigenvalue weighted by Crippen LogP contribution is 2.45. The first kappa shape index (κ1) is 43.7. The molecule has 9 rings (SSSR count). The van der Waals surface area contributed by atoms with E-state index in [9.17, 15) is 23.3 Å². The SMILES string of the molecule is CC1(C)CCC(CN2CCC(c3ccc(C(=O)NS(=O)(=O)c4ccc(NCC5COCCO5)c([N+](=O)[O-])c4)c(N4CCOc5nc6[nH]ccc6cc54)c3)CC2)=C(c2ccc(Cl)cc2)C1. The van der Waals surface area contributed by atoms with Crippen molar-refractivity contribution in [3.8, 4) is 5.88 Å². The molecule has 5 heterocycles. The van der Waals surface area contributed by atoms with Crippen LogP contribution in [0.3, 0.4) is 0 Å². The van der Waals surface area contributed by atoms with E-state index in [1.807, 2.05) is 41.3 Å². The molecule has 0 bridgehead atoms. The number of likely N-dealkylation sites (tertiary alicyclic amines) is 1. The number of amides is 1. The van der Waals surface area contributed by atoms with Crippen LogP contribution in [0.5, 0.6) is 5.88 Å². The molecule has 3 aromatic carbocycles. The summed E-state index contributed by atoms with van der Waals surface area (Å²) in [5.41, 5.74) is 7.02. The van der Waals surface area contributed by atoms with Gasteiger partial charge in [0.25, 0.3) is 21.6 Å². The maximum atomic E-state index is 14.3. The Morgan fingerprint density at radius 1 is 1.00 bits per heavy atom. The van der Waals surface area contributed by atoms with Gasteiger partial charge < -0.3 is 29.4 Å². The second-order valence-electron chi connectivity index (χ2n) is 17.8. The fourth-order valence-electron chi connectivity index (χ4n) is 9.33. The number of piperidine rings is 1. The summed E-state index contributed by atoms with van der Waals surface area (Å²) < 4.78 is 47.0. The van der Waals surface area contributed by atoms with Crippen LogP contribution in [-0.2, 0) is 19.5 Å². The molecule has 0 spiro atoms. The van der Waals surface area contributed by atoms with Gasteiger partial charge in [-0.15, -0.1) is 0 Å². The molecule has 0 saturated carbocycles. The Kier molecular flexibility index (Phi) is 12.4. The smallest absolute Gasteiger partial charge is 0.293 e. The Labute approximate surface area is 377 Å². The number of benzene rings is 3. The van der Waals surface area contributed by atoms with Crippen molar-refractivity contribution in [2.24, 2.45) is 5.41 Å². The summed E-state index contributed by atoms with van der Waals surface area (Å²) in [6.07, 6.45) is 6.52. The van der Waals surface area contributed by atoms with Gasteiger partial charge in [-0.25, -0.2) is 13.1 Å². The quantitative estimate of drug-likeness (QED) is 0.0804. The Morgan fingerprint density at radius 2 is 1.81 bits per heavy atom. The zero-order valence-electron chi connectivity index (χ0n) is 35.9. The second kappa shape index (κ2) is 18.2. The van der Waals surface area contributed by atoms with Crippen molar-refractivity contribution >= 4 is 66.9 Å². The number of fused-ring (bicyclic) bond motifs is 2. The van der Waals surface area contributed by atoms with E-state index < -0.39 is 31.4 Å². The lowest BCUT2D eigenvalue weighted by molar-refractivity contribution is -0.384. The molecule has 3 aliphatic heterocycles. The van der Waals surface area contributed by atoms with E-state index in [4.69, 9.17) is 30.8 Å². The molecule has 2 aromatic heterocycles. The number of sulfonamides is 1. The molecule has 1 aliphatic carbocycles. The minimum atomic E-state index is -4.58. The maximum Gasteiger partial charge on any atom is 0.293 e. The molecule has 5 aromatic rings. The maximum absolute atomic E-state index is 14.3. The molecule has 336 valence electrons. The zero-order valence-corrected chi connectivity index (χ0v) is 37.5. The van der Waals surface area contributed by atoms with Crippen LogP contribution in [0.1, 0.15) is 73.4 Å². The molecule has 17 heteroatoms. The lowest BCUT2D eigenvalue weighted by Gasteiger charge is -2.38. The van der Waals surface area contributed by atoms with Gasteiger partial charge in [-0.1, -0.05) is 49.2 Å². The molecule has 2 saturated heterocycles. The van der Waals surface area contributed by atoms with Gasteiger partial charge in [-0.05, 0) is 122 Å². The lowest BCUT2D eigenvalue weighted by atomic mass is 9.72. The van der Waals surface area contributed by atoms with Gasteiger partial charge in [0, 0.05) is 35.8 Å². The highest BCUT2D eigenvalue weighted by Gasteiger charge is 2.33. The number of nitro groups is 1. The van der Waals surface area contributed by atoms with Crippen LogP contribution >= 0.6 is 11.6 Å². The summed E-state index contributed by atoms with van der Waals surface area (Å²) in [5, 5.41) is 16.7. The van der Waals surface area contributed by atoms with E-state index in [1.54, 1.807) is 12.3 Å². The van der Waals surface area contributed by atoms with Crippen LogP contribution in [0.4, 0.5) is 22.7 Å². The fraction of sp³-hybridized carbons (Fsp3) is 0.404. The molecule has 1 unspecified atom stereocenters. The van der Waals surface area contributed by atoms with Crippen molar-refractivity contribution in [1.29, 1.82) is 0 Å². The third kappa shape index (κ3) is 9.47. The Bertz CT molecular complexity index is 2710. The number of hydrogen-bond donors (Lipinski definition) is 3. The number of pyridine rings is 1. The van der Waals surface area contributed by atoms with E-state index in [0.29, 0.717) is 49.3 Å². The second-order valence-corrected chi connectivity index (χ2v) is 19.9. The molecule has 1 atom stereocenters. The van der Waals surface area contributed by atoms with E-state index in [-0.39, 0.29) is 41.8 Å². The highest BCUT2D eigenvalue weighted by atomic mass is 35.5. The van der Waals surface area contributed by atoms with Crippen molar-refractivity contribution in [1.82, 2.24) is 19.6 Å². The third-order valence-corrected chi connectivity index (χ3v) is 14.4. The van der Waals surface area contributed by atoms with Gasteiger partial charge >= 0.3 is 0 Å². The van der Waals surface area contributed by atoms with Crippen molar-refractivity contribution in [3.05, 3.63) is 116 Å². The van der Waals surface area contributed by atoms with Crippen LogP contribution in [0.25, 0.3) is 16.6 Å². The molecule has 1 amide bonds. The zero-order chi connectivity index (χ0) is 44.6. The van der Waals surface area contributed by atoms with Gasteiger partial charge in [0.2, 0.25) is 5.88 Å². The van der Waals surface area contributed by atoms with Gasteiger partial charge in [0.05, 0.1) is 53.5 Å². The normalized spacial score (nSPS) is 19.5. The number of carbonyl (C=O) groups is 1. The molecule has 15 nitrogen and oxygen atoms in total. The van der Waals surface area contributed by atoms with Crippen molar-refractivity contribution in [2.45, 2.75) is 62.9 Å². The van der Waals surface area contributed by atoms with Crippen LogP contribution in [-0.4, -0.2) is 99.4 Å². The molecule has 64 heavy (non-hydrogen) atoms. The van der Waals surface area contributed by atoms with E-state index in [2.05, 4.69) is 45.9 Å². The number of nitrogens with zero attached hydrogens (tertiary/aromatic N) is 4. The van der Waals surface area contributed by atoms with E-state index in [1.165, 1.54) is 28.8 Å². The average molecular weight is 910 g/mol. The van der Waals surface area contributed by atoms with Crippen LogP contribution in [0, 0.1) is 15.5 Å². The van der Waals surface area contributed by atoms with Gasteiger partial charge in [-0.3, -0.25) is 19.8 Å². The van der Waals surface area contributed by atoms with Crippen molar-refractivity contribution in [2.75, 3.05) is 69.4 Å². The largest absolute Gasteiger partial charge is 0.474 e. The summed E-state index contributed by atoms with van der Waals surface area (Å²) in [5.74, 6) is -0.290. The topological polar surface area (TPSA) is 181 Å². The first-order valence-electron chi connectivity index (χ1n) is 21.8. The average Bonchev–Trinajstić information content (AvgIpc) is 3.76. The summed E-state index contributed by atoms with van der Waals surface area (Å²) >= 11 is 6.27. The lowest BCUT2D eigenvalue weighted by Crippen LogP contribution is -2.36. The monoisotopic (exact) mass is 909 g/mol. The Morgan fingerprint density at radius 3 is 2.58 bits per heavy atom. The molecular weight excluding hydrogens is 858 g/mol. The minimum absolute atomic E-state index is 0.113. The number of aromatic nitrogens is 2. The van der Waals surface area contributed by atoms with Crippen LogP contribution < -0.4 is 19.7 Å². The number of nitrogens with one attached hydrogen (secondary N) is 3. The molecule has 2 fully saturated rings. The Hall–Kier alpha value is -5.52. The van der Waals surface area contributed by atoms with Gasteiger partial charge in [0.15, 0.2) is 0 Å². The first-order chi connectivity index (χ1) is 30.8. The number of aromatic amines is 1. The number of ether oxygens (including phenoxy) is 3. The predicted molar refractivity (Wildman–Crippen MR) is 246 cm³/mol. The fourth-order valence-corrected chi connectivity index (χ4v) is 10.4. The molecule has 4 aliphatic rings. The number of allylic oxidation sites excluding steroid dienone is 1. The molecule has 0 radical (unpaired) electrons. The first-order valence-corrected chi connectivity index (χ1v) is 23.7. The standard InChI is InChI=1S/C47H52ClN7O8S/c1-47(2)15-11-34(39(26-47)31-3-6-35(48)7-4-31)28-53-17-13-30(14-18-53)32-5-9-38(41(23-32)54-19-20-63-46-43(54)24-33-12-16-49-44(33)51-46)45(56)52-64(59,60)37-8-10-40(42(25-37)55(57)58)50-27-36-29-61-21-22-62-36/h3-10,12,16,23-25,30,36,50H,11,13-15,17-22,26-29H2,1-2H3,(H,49,51)(H,52,56). The highest BCUT2D eigenvalue weighted by molar-refractivity contribution is 7.90. The number of H-pyrrole nitrogens is 1. The molecular formula is C47H52ClN7O8S. The summed E-state index contributed by atoms with van der Waals surface area (Å²) in [6, 6.07) is 21.2. The van der Waals surface area contributed by atoms with Gasteiger partial charge in [-0.2, -0.15) is 4.98 Å². The summed E-state index contributed by atoms with van der Waals surface area (Å²) in [6.45, 7) is 9.50. The minimum Gasteiger partial charge on any atom is -0.474 e. The molecule has 3 N–H and O–H groups in total. The summed E-state index contributed by atoms with van der Waals surface area (Å²) in [7, 11) is -4.58. The number of halogens is 1. The number of hydrogen-bond acceptors (Lipinski definition) is 12. The van der Waals surface area contributed by atoms with Crippen LogP contribution in [0.15, 0.2) is 89.5 Å². The van der Waals surface area contributed by atoms with Crippen LogP contribution in [0.2, 0.25) is 5.02 Å². The third-order valence-electron chi connectivity index (χ3n) is 12.8. The van der Waals surface area contributed by atoms with E-state index in [0.717, 1.165) is 73.8 Å². The predicted octanol–water partition coefficient (Wildman–Crippen LogP) is 8.44. The number of nitro benzene ring substituents is 1.